The molecule has 0 aliphatic heterocycles. The predicted octanol–water partition coefficient (Wildman–Crippen LogP) is 3.13. The van der Waals surface area contributed by atoms with E-state index in [1.54, 1.807) is 19.1 Å². The van der Waals surface area contributed by atoms with E-state index in [2.05, 4.69) is 36.5 Å². The number of benzene rings is 1. The van der Waals surface area contributed by atoms with Crippen LogP contribution < -0.4 is 10.6 Å². The molecule has 130 valence electrons. The number of hydrogen-bond donors (Lipinski definition) is 3. The maximum absolute atomic E-state index is 12.2. The van der Waals surface area contributed by atoms with Crippen molar-refractivity contribution in [1.29, 1.82) is 0 Å². The van der Waals surface area contributed by atoms with Crippen molar-refractivity contribution >= 4 is 50.1 Å². The maximum Gasteiger partial charge on any atom is 0.262 e. The van der Waals surface area contributed by atoms with Crippen LogP contribution in [0.5, 0.6) is 0 Å². The fourth-order valence-electron chi connectivity index (χ4n) is 2.40. The highest BCUT2D eigenvalue weighted by atomic mass is 79.9. The Bertz CT molecular complexity index is 934. The summed E-state index contributed by atoms with van der Waals surface area (Å²) in [6, 6.07) is 8.77. The van der Waals surface area contributed by atoms with Crippen LogP contribution in [0, 0.1) is 6.92 Å². The largest absolute Gasteiger partial charge is 0.347 e. The Morgan fingerprint density at radius 2 is 2.12 bits per heavy atom. The highest BCUT2D eigenvalue weighted by Gasteiger charge is 2.18. The first-order valence-corrected chi connectivity index (χ1v) is 9.33. The topological polar surface area (TPSA) is 86.9 Å². The van der Waals surface area contributed by atoms with Gasteiger partial charge in [0.2, 0.25) is 5.91 Å². The van der Waals surface area contributed by atoms with Gasteiger partial charge in [0.25, 0.3) is 5.91 Å². The van der Waals surface area contributed by atoms with Crippen LogP contribution in [0.4, 0.5) is 0 Å². The van der Waals surface area contributed by atoms with E-state index in [1.165, 1.54) is 11.3 Å². The minimum Gasteiger partial charge on any atom is -0.347 e. The molecule has 0 aliphatic rings. The molecular formula is C17H17BrN4O2S. The maximum atomic E-state index is 12.2. The van der Waals surface area contributed by atoms with Crippen molar-refractivity contribution in [2.75, 3.05) is 0 Å². The number of carbonyl (C=O) groups is 2. The third-order valence-electron chi connectivity index (χ3n) is 3.73. The molecule has 0 bridgehead atoms. The fourth-order valence-corrected chi connectivity index (χ4v) is 3.69. The van der Waals surface area contributed by atoms with Crippen LogP contribution in [0.2, 0.25) is 0 Å². The van der Waals surface area contributed by atoms with E-state index in [9.17, 15) is 9.59 Å². The molecule has 0 spiro atoms. The number of hydrogen-bond acceptors (Lipinski definition) is 4. The number of thiophene rings is 1. The molecule has 8 heteroatoms. The lowest BCUT2D eigenvalue weighted by atomic mass is 10.2. The lowest BCUT2D eigenvalue weighted by molar-refractivity contribution is -0.122. The predicted molar refractivity (Wildman–Crippen MR) is 102 cm³/mol. The summed E-state index contributed by atoms with van der Waals surface area (Å²) in [5.74, 6) is 0.150. The highest BCUT2D eigenvalue weighted by Crippen LogP contribution is 2.21. The lowest BCUT2D eigenvalue weighted by Gasteiger charge is -2.12. The summed E-state index contributed by atoms with van der Waals surface area (Å²) in [7, 11) is 0. The number of imidazole rings is 1. The Hall–Kier alpha value is -2.19. The SMILES string of the molecule is Cc1cccc2[nH]c(CNC(=O)C(C)NC(=O)c3ccc(Br)s3)nc12. The van der Waals surface area contributed by atoms with E-state index in [-0.39, 0.29) is 18.4 Å². The second-order valence-electron chi connectivity index (χ2n) is 5.67. The van der Waals surface area contributed by atoms with E-state index in [1.807, 2.05) is 25.1 Å². The van der Waals surface area contributed by atoms with Crippen molar-refractivity contribution in [3.8, 4) is 0 Å². The van der Waals surface area contributed by atoms with Crippen molar-refractivity contribution in [1.82, 2.24) is 20.6 Å². The van der Waals surface area contributed by atoms with E-state index < -0.39 is 6.04 Å². The lowest BCUT2D eigenvalue weighted by Crippen LogP contribution is -2.44. The van der Waals surface area contributed by atoms with E-state index in [0.717, 1.165) is 20.4 Å². The normalized spacial score (nSPS) is 12.1. The summed E-state index contributed by atoms with van der Waals surface area (Å²) in [6.07, 6.45) is 0. The molecule has 3 aromatic rings. The monoisotopic (exact) mass is 420 g/mol. The van der Waals surface area contributed by atoms with Gasteiger partial charge in [-0.1, -0.05) is 12.1 Å². The summed E-state index contributed by atoms with van der Waals surface area (Å²) in [5, 5.41) is 5.48. The first-order valence-electron chi connectivity index (χ1n) is 7.72. The van der Waals surface area contributed by atoms with Gasteiger partial charge in [0.1, 0.15) is 11.9 Å². The third kappa shape index (κ3) is 4.08. The highest BCUT2D eigenvalue weighted by molar-refractivity contribution is 9.11. The molecule has 0 radical (unpaired) electrons. The molecule has 0 saturated carbocycles. The fraction of sp³-hybridized carbons (Fsp3) is 0.235. The summed E-state index contributed by atoms with van der Waals surface area (Å²) in [5.41, 5.74) is 2.92. The Morgan fingerprint density at radius 3 is 2.80 bits per heavy atom. The second-order valence-corrected chi connectivity index (χ2v) is 8.13. The minimum atomic E-state index is -0.639. The molecule has 0 fully saturated rings. The molecule has 1 unspecified atom stereocenters. The number of nitrogens with one attached hydrogen (secondary N) is 3. The number of aromatic amines is 1. The van der Waals surface area contributed by atoms with Gasteiger partial charge < -0.3 is 15.6 Å². The number of fused-ring (bicyclic) bond motifs is 1. The zero-order valence-electron chi connectivity index (χ0n) is 13.7. The third-order valence-corrected chi connectivity index (χ3v) is 5.35. The van der Waals surface area contributed by atoms with Gasteiger partial charge in [-0.3, -0.25) is 9.59 Å². The molecular weight excluding hydrogens is 404 g/mol. The number of amides is 2. The van der Waals surface area contributed by atoms with Crippen LogP contribution in [0.15, 0.2) is 34.1 Å². The number of halogens is 1. The molecule has 6 nitrogen and oxygen atoms in total. The first kappa shape index (κ1) is 17.6. The van der Waals surface area contributed by atoms with Crippen molar-refractivity contribution in [3.63, 3.8) is 0 Å². The van der Waals surface area contributed by atoms with Gasteiger partial charge in [-0.2, -0.15) is 0 Å². The van der Waals surface area contributed by atoms with Gasteiger partial charge in [-0.25, -0.2) is 4.98 Å². The average molecular weight is 421 g/mol. The molecule has 0 aliphatic carbocycles. The number of nitrogens with zero attached hydrogens (tertiary/aromatic N) is 1. The van der Waals surface area contributed by atoms with Crippen LogP contribution in [0.1, 0.15) is 28.0 Å². The summed E-state index contributed by atoms with van der Waals surface area (Å²) in [4.78, 5) is 32.5. The zero-order valence-corrected chi connectivity index (χ0v) is 16.1. The Morgan fingerprint density at radius 1 is 1.32 bits per heavy atom. The van der Waals surface area contributed by atoms with Crippen LogP contribution in [-0.4, -0.2) is 27.8 Å². The average Bonchev–Trinajstić information content (AvgIpc) is 3.19. The van der Waals surface area contributed by atoms with Gasteiger partial charge in [0.15, 0.2) is 0 Å². The first-order chi connectivity index (χ1) is 11.9. The van der Waals surface area contributed by atoms with Crippen LogP contribution >= 0.6 is 27.3 Å². The Balaban J connectivity index is 1.57. The quantitative estimate of drug-likeness (QED) is 0.592. The van der Waals surface area contributed by atoms with Gasteiger partial charge in [-0.15, -0.1) is 11.3 Å². The van der Waals surface area contributed by atoms with Crippen LogP contribution in [0.3, 0.4) is 0 Å². The molecule has 2 amide bonds. The zero-order chi connectivity index (χ0) is 18.0. The molecule has 1 atom stereocenters. The molecule has 2 heterocycles. The standard InChI is InChI=1S/C17H17BrN4O2S/c1-9-4-3-5-11-15(9)22-14(21-11)8-19-16(23)10(2)20-17(24)12-6-7-13(18)25-12/h3-7,10H,8H2,1-2H3,(H,19,23)(H,20,24)(H,21,22). The van der Waals surface area contributed by atoms with Crippen molar-refractivity contribution < 1.29 is 9.59 Å². The van der Waals surface area contributed by atoms with Gasteiger partial charge >= 0.3 is 0 Å². The summed E-state index contributed by atoms with van der Waals surface area (Å²) in [6.45, 7) is 3.92. The van der Waals surface area contributed by atoms with Crippen LogP contribution in [0.25, 0.3) is 11.0 Å². The van der Waals surface area contributed by atoms with E-state index in [0.29, 0.717) is 10.7 Å². The van der Waals surface area contributed by atoms with Gasteiger partial charge in [0, 0.05) is 0 Å². The second kappa shape index (κ2) is 7.37. The molecule has 0 saturated heterocycles. The van der Waals surface area contributed by atoms with E-state index >= 15 is 0 Å². The number of carbonyl (C=O) groups excluding carboxylic acids is 2. The number of rotatable bonds is 5. The van der Waals surface area contributed by atoms with E-state index in [4.69, 9.17) is 0 Å². The number of aromatic nitrogens is 2. The number of H-pyrrole nitrogens is 1. The molecule has 3 rings (SSSR count). The molecule has 3 N–H and O–H groups in total. The summed E-state index contributed by atoms with van der Waals surface area (Å²) >= 11 is 4.64. The van der Waals surface area contributed by atoms with Gasteiger partial charge in [0.05, 0.1) is 26.2 Å². The molecule has 25 heavy (non-hydrogen) atoms. The van der Waals surface area contributed by atoms with Crippen LogP contribution in [-0.2, 0) is 11.3 Å². The number of aryl methyl sites for hydroxylation is 1. The minimum absolute atomic E-state index is 0.263. The van der Waals surface area contributed by atoms with Crippen molar-refractivity contribution in [2.24, 2.45) is 0 Å². The van der Waals surface area contributed by atoms with Crippen molar-refractivity contribution in [2.45, 2.75) is 26.4 Å². The summed E-state index contributed by atoms with van der Waals surface area (Å²) < 4.78 is 0.870. The molecule has 1 aromatic carbocycles. The molecule has 2 aromatic heterocycles. The van der Waals surface area contributed by atoms with Crippen molar-refractivity contribution in [3.05, 3.63) is 50.4 Å². The van der Waals surface area contributed by atoms with Gasteiger partial charge in [-0.05, 0) is 53.5 Å². The number of para-hydroxylation sites is 1. The Labute approximate surface area is 157 Å². The Kier molecular flexibility index (Phi) is 5.19. The smallest absolute Gasteiger partial charge is 0.262 e.